The van der Waals surface area contributed by atoms with Crippen LogP contribution >= 0.6 is 0 Å². The Hall–Kier alpha value is -3.39. The molecular formula is C25H33N5O3. The number of amides is 3. The number of carbonyl (C=O) groups is 2. The molecule has 0 radical (unpaired) electrons. The molecule has 2 aromatic rings. The van der Waals surface area contributed by atoms with E-state index in [0.717, 1.165) is 29.8 Å². The number of oxime groups is 1. The number of rotatable bonds is 5. The van der Waals surface area contributed by atoms with Gasteiger partial charge in [-0.15, -0.1) is 0 Å². The molecule has 2 aromatic carbocycles. The first-order chi connectivity index (χ1) is 15.6. The Morgan fingerprint density at radius 2 is 1.76 bits per heavy atom. The normalized spacial score (nSPS) is 15.3. The van der Waals surface area contributed by atoms with Gasteiger partial charge in [0.15, 0.2) is 0 Å². The summed E-state index contributed by atoms with van der Waals surface area (Å²) >= 11 is 0. The number of likely N-dealkylation sites (N-methyl/N-ethyl adjacent to an activating group) is 1. The van der Waals surface area contributed by atoms with Crippen molar-refractivity contribution in [3.05, 3.63) is 64.7 Å². The smallest absolute Gasteiger partial charge is 0.319 e. The van der Waals surface area contributed by atoms with Gasteiger partial charge in [-0.05, 0) is 69.6 Å². The third kappa shape index (κ3) is 5.90. The maximum atomic E-state index is 13.0. The van der Waals surface area contributed by atoms with E-state index in [4.69, 9.17) is 5.21 Å². The van der Waals surface area contributed by atoms with Gasteiger partial charge in [-0.2, -0.15) is 0 Å². The number of nitrogens with zero attached hydrogens (tertiary/aromatic N) is 3. The van der Waals surface area contributed by atoms with E-state index in [-0.39, 0.29) is 11.9 Å². The van der Waals surface area contributed by atoms with E-state index in [9.17, 15) is 9.59 Å². The fourth-order valence-corrected chi connectivity index (χ4v) is 3.82. The van der Waals surface area contributed by atoms with Crippen molar-refractivity contribution >= 4 is 23.3 Å². The highest BCUT2D eigenvalue weighted by molar-refractivity contribution is 5.99. The number of nitrogens with one attached hydrogen (secondary N) is 2. The van der Waals surface area contributed by atoms with Crippen LogP contribution in [-0.4, -0.2) is 65.9 Å². The molecule has 0 spiro atoms. The predicted molar refractivity (Wildman–Crippen MR) is 130 cm³/mol. The van der Waals surface area contributed by atoms with Crippen molar-refractivity contribution in [2.45, 2.75) is 33.2 Å². The van der Waals surface area contributed by atoms with Crippen LogP contribution in [0.4, 0.5) is 10.5 Å². The number of anilines is 1. The summed E-state index contributed by atoms with van der Waals surface area (Å²) in [6, 6.07) is 12.5. The van der Waals surface area contributed by atoms with Crippen molar-refractivity contribution in [1.29, 1.82) is 0 Å². The van der Waals surface area contributed by atoms with Gasteiger partial charge in [0.25, 0.3) is 5.91 Å². The van der Waals surface area contributed by atoms with E-state index >= 15 is 0 Å². The molecule has 3 rings (SSSR count). The molecule has 0 aromatic heterocycles. The predicted octanol–water partition coefficient (Wildman–Crippen LogP) is 3.64. The molecule has 3 amide bonds. The maximum absolute atomic E-state index is 13.0. The largest absolute Gasteiger partial charge is 0.411 e. The minimum absolute atomic E-state index is 0.0114. The summed E-state index contributed by atoms with van der Waals surface area (Å²) in [5.74, 6) is -0.0114. The molecule has 33 heavy (non-hydrogen) atoms. The SMILES string of the molecule is C/C(=N\O)c1cccc(C(C)(C)NC(=O)Nc2ccc(C)c(C(=O)N3CCN(C)CC3)c2)c1. The molecule has 1 heterocycles. The molecule has 1 saturated heterocycles. The van der Waals surface area contributed by atoms with Gasteiger partial charge in [0, 0.05) is 37.4 Å². The Morgan fingerprint density at radius 1 is 1.06 bits per heavy atom. The number of hydrogen-bond acceptors (Lipinski definition) is 5. The lowest BCUT2D eigenvalue weighted by Gasteiger charge is -2.32. The quantitative estimate of drug-likeness (QED) is 0.367. The highest BCUT2D eigenvalue weighted by Crippen LogP contribution is 2.23. The number of aryl methyl sites for hydroxylation is 1. The molecule has 176 valence electrons. The zero-order valence-corrected chi connectivity index (χ0v) is 20.0. The van der Waals surface area contributed by atoms with Gasteiger partial charge >= 0.3 is 6.03 Å². The summed E-state index contributed by atoms with van der Waals surface area (Å²) in [7, 11) is 2.05. The van der Waals surface area contributed by atoms with Crippen molar-refractivity contribution in [2.75, 3.05) is 38.5 Å². The molecule has 0 atom stereocenters. The van der Waals surface area contributed by atoms with E-state index in [2.05, 4.69) is 27.7 Å². The van der Waals surface area contributed by atoms with Crippen LogP contribution in [0.15, 0.2) is 47.6 Å². The van der Waals surface area contributed by atoms with Crippen molar-refractivity contribution < 1.29 is 14.8 Å². The van der Waals surface area contributed by atoms with Crippen LogP contribution in [0.3, 0.4) is 0 Å². The molecule has 1 fully saturated rings. The van der Waals surface area contributed by atoms with Crippen molar-refractivity contribution in [1.82, 2.24) is 15.1 Å². The molecule has 0 bridgehead atoms. The van der Waals surface area contributed by atoms with Gasteiger partial charge in [-0.1, -0.05) is 29.4 Å². The van der Waals surface area contributed by atoms with E-state index in [1.54, 1.807) is 19.1 Å². The zero-order valence-electron chi connectivity index (χ0n) is 20.0. The fraction of sp³-hybridized carbons (Fsp3) is 0.400. The molecule has 1 aliphatic rings. The minimum atomic E-state index is -0.682. The second-order valence-corrected chi connectivity index (χ2v) is 9.10. The fourth-order valence-electron chi connectivity index (χ4n) is 3.82. The Balaban J connectivity index is 1.71. The zero-order chi connectivity index (χ0) is 24.2. The van der Waals surface area contributed by atoms with Crippen LogP contribution in [0.2, 0.25) is 0 Å². The van der Waals surface area contributed by atoms with Gasteiger partial charge in [-0.3, -0.25) is 4.79 Å². The first-order valence-corrected chi connectivity index (χ1v) is 11.1. The van der Waals surface area contributed by atoms with Gasteiger partial charge in [0.05, 0.1) is 11.3 Å². The number of carbonyl (C=O) groups excluding carboxylic acids is 2. The lowest BCUT2D eigenvalue weighted by molar-refractivity contribution is 0.0663. The van der Waals surface area contributed by atoms with Crippen molar-refractivity contribution in [3.63, 3.8) is 0 Å². The second kappa shape index (κ2) is 10.0. The number of hydrogen-bond donors (Lipinski definition) is 3. The number of piperazine rings is 1. The Bertz CT molecular complexity index is 1060. The van der Waals surface area contributed by atoms with Crippen LogP contribution in [0.5, 0.6) is 0 Å². The molecule has 0 unspecified atom stereocenters. The molecule has 0 aliphatic carbocycles. The first-order valence-electron chi connectivity index (χ1n) is 11.1. The molecule has 8 heteroatoms. The van der Waals surface area contributed by atoms with E-state index in [1.807, 2.05) is 56.0 Å². The van der Waals surface area contributed by atoms with Crippen molar-refractivity contribution in [2.24, 2.45) is 5.16 Å². The van der Waals surface area contributed by atoms with E-state index in [0.29, 0.717) is 30.1 Å². The van der Waals surface area contributed by atoms with Gasteiger partial charge < -0.3 is 25.6 Å². The topological polar surface area (TPSA) is 97.3 Å². The van der Waals surface area contributed by atoms with Crippen LogP contribution < -0.4 is 10.6 Å². The van der Waals surface area contributed by atoms with Crippen molar-refractivity contribution in [3.8, 4) is 0 Å². The monoisotopic (exact) mass is 451 g/mol. The number of benzene rings is 2. The summed E-state index contributed by atoms with van der Waals surface area (Å²) in [5.41, 5.74) is 3.49. The highest BCUT2D eigenvalue weighted by atomic mass is 16.4. The van der Waals surface area contributed by atoms with E-state index < -0.39 is 5.54 Å². The summed E-state index contributed by atoms with van der Waals surface area (Å²) in [5, 5.41) is 18.1. The summed E-state index contributed by atoms with van der Waals surface area (Å²) in [4.78, 5) is 29.9. The average Bonchev–Trinajstić information content (AvgIpc) is 2.79. The minimum Gasteiger partial charge on any atom is -0.411 e. The van der Waals surface area contributed by atoms with E-state index in [1.165, 1.54) is 0 Å². The lowest BCUT2D eigenvalue weighted by Crippen LogP contribution is -2.47. The van der Waals surface area contributed by atoms with Gasteiger partial charge in [-0.25, -0.2) is 4.79 Å². The third-order valence-corrected chi connectivity index (χ3v) is 6.09. The van der Waals surface area contributed by atoms with Crippen LogP contribution in [0.1, 0.15) is 47.8 Å². The molecule has 8 nitrogen and oxygen atoms in total. The van der Waals surface area contributed by atoms with Crippen LogP contribution in [0, 0.1) is 6.92 Å². The Morgan fingerprint density at radius 3 is 2.42 bits per heavy atom. The third-order valence-electron chi connectivity index (χ3n) is 6.09. The molecule has 0 saturated carbocycles. The summed E-state index contributed by atoms with van der Waals surface area (Å²) < 4.78 is 0. The van der Waals surface area contributed by atoms with Gasteiger partial charge in [0.1, 0.15) is 0 Å². The van der Waals surface area contributed by atoms with Crippen LogP contribution in [-0.2, 0) is 5.54 Å². The van der Waals surface area contributed by atoms with Crippen LogP contribution in [0.25, 0.3) is 0 Å². The summed E-state index contributed by atoms with van der Waals surface area (Å²) in [6.07, 6.45) is 0. The second-order valence-electron chi connectivity index (χ2n) is 9.10. The Kier molecular flexibility index (Phi) is 7.38. The maximum Gasteiger partial charge on any atom is 0.319 e. The standard InChI is InChI=1S/C25H33N5O3/c1-17-9-10-21(16-22(17)23(31)30-13-11-29(5)12-14-30)26-24(32)27-25(3,4)20-8-6-7-19(15-20)18(2)28-33/h6-10,15-16,33H,11-14H2,1-5H3,(H2,26,27,32)/b28-18+. The molecule has 3 N–H and O–H groups in total. The summed E-state index contributed by atoms with van der Waals surface area (Å²) in [6.45, 7) is 10.5. The average molecular weight is 452 g/mol. The Labute approximate surface area is 195 Å². The lowest BCUT2D eigenvalue weighted by atomic mass is 9.92. The highest BCUT2D eigenvalue weighted by Gasteiger charge is 2.25. The molecular weight excluding hydrogens is 418 g/mol. The first kappa shape index (κ1) is 24.3. The number of urea groups is 1. The molecule has 1 aliphatic heterocycles. The van der Waals surface area contributed by atoms with Gasteiger partial charge in [0.2, 0.25) is 0 Å².